The van der Waals surface area contributed by atoms with Crippen molar-refractivity contribution in [1.29, 1.82) is 0 Å². The number of nitrogens with zero attached hydrogens (tertiary/aromatic N) is 3. The fourth-order valence-electron chi connectivity index (χ4n) is 3.41. The summed E-state index contributed by atoms with van der Waals surface area (Å²) in [6.07, 6.45) is 2.57. The summed E-state index contributed by atoms with van der Waals surface area (Å²) in [7, 11) is 0. The molecule has 3 N–H and O–H groups in total. The lowest BCUT2D eigenvalue weighted by Crippen LogP contribution is -2.12. The molecule has 0 radical (unpaired) electrons. The molecule has 4 aromatic rings. The van der Waals surface area contributed by atoms with Gasteiger partial charge in [-0.15, -0.1) is 0 Å². The third kappa shape index (κ3) is 4.94. The number of nitrogen functional groups attached to an aromatic ring is 1. The number of rotatable bonds is 5. The van der Waals surface area contributed by atoms with Gasteiger partial charge in [0, 0.05) is 23.4 Å². The van der Waals surface area contributed by atoms with E-state index in [0.29, 0.717) is 5.82 Å². The quantitative estimate of drug-likeness (QED) is 0.436. The van der Waals surface area contributed by atoms with Gasteiger partial charge in [0.1, 0.15) is 11.6 Å². The van der Waals surface area contributed by atoms with Gasteiger partial charge in [0.05, 0.1) is 11.4 Å². The fraction of sp³-hybridized carbons (Fsp3) is 0.231. The molecule has 0 bridgehead atoms. The van der Waals surface area contributed by atoms with Crippen LogP contribution in [0, 0.1) is 6.92 Å². The van der Waals surface area contributed by atoms with E-state index in [-0.39, 0.29) is 5.41 Å². The lowest BCUT2D eigenvalue weighted by molar-refractivity contribution is 0.560. The monoisotopic (exact) mass is 411 g/mol. The molecule has 0 amide bonds. The highest BCUT2D eigenvalue weighted by atomic mass is 15.3. The first-order valence-electron chi connectivity index (χ1n) is 10.5. The third-order valence-corrected chi connectivity index (χ3v) is 5.24. The molecule has 5 nitrogen and oxygen atoms in total. The van der Waals surface area contributed by atoms with Crippen LogP contribution in [0.4, 0.5) is 17.3 Å². The Balaban J connectivity index is 1.59. The van der Waals surface area contributed by atoms with E-state index in [0.717, 1.165) is 34.9 Å². The van der Waals surface area contributed by atoms with Crippen LogP contribution >= 0.6 is 0 Å². The van der Waals surface area contributed by atoms with E-state index in [9.17, 15) is 0 Å². The Bertz CT molecular complexity index is 1170. The van der Waals surface area contributed by atoms with Crippen LogP contribution in [-0.2, 0) is 11.8 Å². The van der Waals surface area contributed by atoms with E-state index in [1.165, 1.54) is 11.1 Å². The Morgan fingerprint density at radius 2 is 1.61 bits per heavy atom. The molecule has 2 aromatic heterocycles. The zero-order valence-electron chi connectivity index (χ0n) is 18.6. The first-order valence-corrected chi connectivity index (χ1v) is 10.5. The summed E-state index contributed by atoms with van der Waals surface area (Å²) in [5, 5.41) is 8.44. The fourth-order valence-corrected chi connectivity index (χ4v) is 3.41. The van der Waals surface area contributed by atoms with Crippen LogP contribution in [0.3, 0.4) is 0 Å². The molecule has 0 aliphatic carbocycles. The molecule has 0 spiro atoms. The molecule has 0 saturated heterocycles. The molecule has 0 atom stereocenters. The molecule has 4 rings (SSSR count). The van der Waals surface area contributed by atoms with Crippen molar-refractivity contribution in [3.63, 3.8) is 0 Å². The van der Waals surface area contributed by atoms with Crippen molar-refractivity contribution >= 4 is 17.3 Å². The van der Waals surface area contributed by atoms with Gasteiger partial charge in [-0.05, 0) is 60.9 Å². The second-order valence-electron chi connectivity index (χ2n) is 9.00. The maximum Gasteiger partial charge on any atom is 0.134 e. The predicted octanol–water partition coefficient (Wildman–Crippen LogP) is 5.79. The second kappa shape index (κ2) is 8.26. The van der Waals surface area contributed by atoms with Crippen LogP contribution in [0.25, 0.3) is 5.69 Å². The molecule has 0 fully saturated rings. The summed E-state index contributed by atoms with van der Waals surface area (Å²) < 4.78 is 1.98. The van der Waals surface area contributed by atoms with Crippen LogP contribution in [0.15, 0.2) is 72.9 Å². The molecule has 0 unspecified atom stereocenters. The normalized spacial score (nSPS) is 11.5. The van der Waals surface area contributed by atoms with Crippen molar-refractivity contribution in [2.75, 3.05) is 11.1 Å². The maximum atomic E-state index is 5.80. The minimum absolute atomic E-state index is 0.0391. The summed E-state index contributed by atoms with van der Waals surface area (Å²) in [6.45, 7) is 8.63. The SMILES string of the molecule is Cc1ccc(-n2nc(C(C)(C)C)cc2Nc2ccc(Cc3ccnc(N)c3)cc2)cc1. The minimum Gasteiger partial charge on any atom is -0.384 e. The molecule has 2 heterocycles. The average molecular weight is 412 g/mol. The van der Waals surface area contributed by atoms with E-state index in [1.54, 1.807) is 6.20 Å². The smallest absolute Gasteiger partial charge is 0.134 e. The van der Waals surface area contributed by atoms with Gasteiger partial charge >= 0.3 is 0 Å². The average Bonchev–Trinajstić information content (AvgIpc) is 3.14. The highest BCUT2D eigenvalue weighted by molar-refractivity contribution is 5.60. The van der Waals surface area contributed by atoms with E-state index in [1.807, 2.05) is 16.8 Å². The van der Waals surface area contributed by atoms with Crippen molar-refractivity contribution in [2.24, 2.45) is 0 Å². The van der Waals surface area contributed by atoms with Gasteiger partial charge in [-0.3, -0.25) is 0 Å². The molecule has 31 heavy (non-hydrogen) atoms. The molecule has 0 aliphatic heterocycles. The Hall–Kier alpha value is -3.60. The summed E-state index contributed by atoms with van der Waals surface area (Å²) in [6, 6.07) is 22.9. The summed E-state index contributed by atoms with van der Waals surface area (Å²) >= 11 is 0. The highest BCUT2D eigenvalue weighted by Crippen LogP contribution is 2.28. The highest BCUT2D eigenvalue weighted by Gasteiger charge is 2.20. The topological polar surface area (TPSA) is 68.8 Å². The first-order chi connectivity index (χ1) is 14.8. The van der Waals surface area contributed by atoms with Gasteiger partial charge in [0.15, 0.2) is 0 Å². The molecule has 0 saturated carbocycles. The Morgan fingerprint density at radius 3 is 2.26 bits per heavy atom. The van der Waals surface area contributed by atoms with Crippen LogP contribution in [0.1, 0.15) is 43.2 Å². The standard InChI is InChI=1S/C26H29N5/c1-18-5-11-22(12-6-18)31-25(17-23(30-31)26(2,3)4)29-21-9-7-19(8-10-21)15-20-13-14-28-24(27)16-20/h5-14,16-17,29H,15H2,1-4H3,(H2,27,28). The third-order valence-electron chi connectivity index (χ3n) is 5.24. The van der Waals surface area contributed by atoms with Crippen molar-refractivity contribution in [3.05, 3.63) is 95.3 Å². The summed E-state index contributed by atoms with van der Waals surface area (Å²) in [4.78, 5) is 4.06. The van der Waals surface area contributed by atoms with Crippen LogP contribution in [-0.4, -0.2) is 14.8 Å². The minimum atomic E-state index is -0.0391. The van der Waals surface area contributed by atoms with E-state index in [4.69, 9.17) is 10.8 Å². The molecular weight excluding hydrogens is 382 g/mol. The van der Waals surface area contributed by atoms with E-state index >= 15 is 0 Å². The van der Waals surface area contributed by atoms with E-state index in [2.05, 4.69) is 92.6 Å². The number of hydrogen-bond donors (Lipinski definition) is 2. The summed E-state index contributed by atoms with van der Waals surface area (Å²) in [5.74, 6) is 1.50. The number of benzene rings is 2. The second-order valence-corrected chi connectivity index (χ2v) is 9.00. The van der Waals surface area contributed by atoms with Crippen LogP contribution in [0.5, 0.6) is 0 Å². The summed E-state index contributed by atoms with van der Waals surface area (Å²) in [5.41, 5.74) is 12.5. The van der Waals surface area contributed by atoms with Crippen LogP contribution in [0.2, 0.25) is 0 Å². The number of hydrogen-bond acceptors (Lipinski definition) is 4. The maximum absolute atomic E-state index is 5.80. The molecule has 2 aromatic carbocycles. The van der Waals surface area contributed by atoms with E-state index < -0.39 is 0 Å². The Labute approximate surface area is 184 Å². The van der Waals surface area contributed by atoms with Crippen molar-refractivity contribution in [2.45, 2.75) is 39.5 Å². The number of anilines is 3. The lowest BCUT2D eigenvalue weighted by Gasteiger charge is -2.14. The Kier molecular flexibility index (Phi) is 5.51. The van der Waals surface area contributed by atoms with Crippen LogP contribution < -0.4 is 11.1 Å². The largest absolute Gasteiger partial charge is 0.384 e. The van der Waals surface area contributed by atoms with Gasteiger partial charge in [-0.1, -0.05) is 50.6 Å². The number of aromatic nitrogens is 3. The molecule has 0 aliphatic rings. The number of pyridine rings is 1. The molecular formula is C26H29N5. The van der Waals surface area contributed by atoms with Crippen molar-refractivity contribution in [1.82, 2.24) is 14.8 Å². The van der Waals surface area contributed by atoms with Gasteiger partial charge in [-0.2, -0.15) is 5.10 Å². The zero-order valence-corrected chi connectivity index (χ0v) is 18.6. The predicted molar refractivity (Wildman–Crippen MR) is 128 cm³/mol. The zero-order chi connectivity index (χ0) is 22.0. The Morgan fingerprint density at radius 1 is 0.903 bits per heavy atom. The van der Waals surface area contributed by atoms with Crippen molar-refractivity contribution < 1.29 is 0 Å². The van der Waals surface area contributed by atoms with Gasteiger partial charge in [0.2, 0.25) is 0 Å². The lowest BCUT2D eigenvalue weighted by atomic mass is 9.92. The number of aryl methyl sites for hydroxylation is 1. The number of nitrogens with two attached hydrogens (primary N) is 1. The first kappa shape index (κ1) is 20.7. The van der Waals surface area contributed by atoms with Crippen molar-refractivity contribution in [3.8, 4) is 5.69 Å². The van der Waals surface area contributed by atoms with Gasteiger partial charge < -0.3 is 11.1 Å². The molecule has 158 valence electrons. The van der Waals surface area contributed by atoms with Gasteiger partial charge in [-0.25, -0.2) is 9.67 Å². The number of nitrogens with one attached hydrogen (secondary N) is 1. The molecule has 5 heteroatoms. The van der Waals surface area contributed by atoms with Gasteiger partial charge in [0.25, 0.3) is 0 Å².